The van der Waals surface area contributed by atoms with Gasteiger partial charge in [0.2, 0.25) is 0 Å². The van der Waals surface area contributed by atoms with Gasteiger partial charge in [-0.15, -0.1) is 0 Å². The number of carbonyl (C=O) groups excluding carboxylic acids is 1. The number of piperidine rings is 1. The van der Waals surface area contributed by atoms with Crippen molar-refractivity contribution < 1.29 is 13.9 Å². The Morgan fingerprint density at radius 3 is 2.84 bits per heavy atom. The van der Waals surface area contributed by atoms with E-state index in [0.29, 0.717) is 12.3 Å². The maximum Gasteiger partial charge on any atom is 0.258 e. The smallest absolute Gasteiger partial charge is 0.258 e. The first-order valence-corrected chi connectivity index (χ1v) is 9.08. The highest BCUT2D eigenvalue weighted by atomic mass is 79.9. The van der Waals surface area contributed by atoms with Gasteiger partial charge in [0.25, 0.3) is 5.91 Å². The number of carbonyl (C=O) groups is 1. The zero-order chi connectivity index (χ0) is 17.6. The lowest BCUT2D eigenvalue weighted by Crippen LogP contribution is -2.49. The molecule has 1 saturated heterocycles. The molecule has 1 amide bonds. The fourth-order valence-corrected chi connectivity index (χ4v) is 3.22. The lowest BCUT2D eigenvalue weighted by Gasteiger charge is -2.34. The molecule has 132 valence electrons. The van der Waals surface area contributed by atoms with Gasteiger partial charge in [-0.1, -0.05) is 22.0 Å². The summed E-state index contributed by atoms with van der Waals surface area (Å²) < 4.78 is 19.9. The van der Waals surface area contributed by atoms with Crippen LogP contribution in [-0.4, -0.2) is 31.6 Å². The number of nitrogens with zero attached hydrogens (tertiary/aromatic N) is 1. The number of rotatable bonds is 5. The molecule has 1 aliphatic heterocycles. The Morgan fingerprint density at radius 1 is 1.28 bits per heavy atom. The van der Waals surface area contributed by atoms with Crippen LogP contribution in [0.3, 0.4) is 0 Å². The molecule has 0 bridgehead atoms. The van der Waals surface area contributed by atoms with Gasteiger partial charge in [-0.05, 0) is 55.3 Å². The summed E-state index contributed by atoms with van der Waals surface area (Å²) in [6, 6.07) is 14.0. The minimum absolute atomic E-state index is 0.0158. The Morgan fingerprint density at radius 2 is 2.08 bits per heavy atom. The molecular weight excluding hydrogens is 387 g/mol. The van der Waals surface area contributed by atoms with E-state index in [1.165, 1.54) is 12.1 Å². The highest BCUT2D eigenvalue weighted by Gasteiger charge is 2.22. The largest absolute Gasteiger partial charge is 0.484 e. The molecule has 1 aliphatic rings. The number of anilines is 1. The molecule has 1 heterocycles. The van der Waals surface area contributed by atoms with E-state index in [2.05, 4.69) is 26.1 Å². The second-order valence-electron chi connectivity index (χ2n) is 6.08. The van der Waals surface area contributed by atoms with Crippen LogP contribution in [0.4, 0.5) is 10.1 Å². The summed E-state index contributed by atoms with van der Waals surface area (Å²) in [5.41, 5.74) is 0.852. The van der Waals surface area contributed by atoms with Gasteiger partial charge in [-0.25, -0.2) is 4.39 Å². The molecule has 0 aromatic heterocycles. The van der Waals surface area contributed by atoms with E-state index >= 15 is 0 Å². The average Bonchev–Trinajstić information content (AvgIpc) is 2.61. The molecular formula is C19H20BrFN2O2. The molecule has 0 saturated carbocycles. The molecule has 0 aliphatic carbocycles. The number of nitrogens with one attached hydrogen (secondary N) is 1. The zero-order valence-corrected chi connectivity index (χ0v) is 15.3. The fraction of sp³-hybridized carbons (Fsp3) is 0.316. The maximum atomic E-state index is 13.4. The second-order valence-corrected chi connectivity index (χ2v) is 6.99. The molecule has 1 atom stereocenters. The molecule has 0 radical (unpaired) electrons. The third-order valence-corrected chi connectivity index (χ3v) is 4.67. The molecule has 2 aromatic rings. The van der Waals surface area contributed by atoms with Crippen molar-refractivity contribution in [3.8, 4) is 5.75 Å². The van der Waals surface area contributed by atoms with Crippen LogP contribution in [0.1, 0.15) is 12.8 Å². The van der Waals surface area contributed by atoms with Gasteiger partial charge >= 0.3 is 0 Å². The molecule has 0 spiro atoms. The van der Waals surface area contributed by atoms with Crippen LogP contribution in [0, 0.1) is 5.82 Å². The van der Waals surface area contributed by atoms with E-state index in [1.54, 1.807) is 6.07 Å². The van der Waals surface area contributed by atoms with Crippen molar-refractivity contribution in [2.24, 2.45) is 0 Å². The van der Waals surface area contributed by atoms with Crippen molar-refractivity contribution in [1.29, 1.82) is 0 Å². The first-order valence-electron chi connectivity index (χ1n) is 8.28. The van der Waals surface area contributed by atoms with E-state index in [4.69, 9.17) is 4.74 Å². The second kappa shape index (κ2) is 8.34. The summed E-state index contributed by atoms with van der Waals surface area (Å²) in [5.74, 6) is 0.268. The van der Waals surface area contributed by atoms with Crippen molar-refractivity contribution >= 4 is 27.5 Å². The van der Waals surface area contributed by atoms with Crippen LogP contribution in [-0.2, 0) is 4.79 Å². The number of hydrogen-bond donors (Lipinski definition) is 1. The molecule has 4 nitrogen and oxygen atoms in total. The summed E-state index contributed by atoms with van der Waals surface area (Å²) >= 11 is 3.36. The third-order valence-electron chi connectivity index (χ3n) is 4.14. The third kappa shape index (κ3) is 5.19. The standard InChI is InChI=1S/C19H20BrFN2O2/c20-14-6-8-18(9-7-14)25-13-19(24)22-16-4-2-10-23(12-16)17-5-1-3-15(21)11-17/h1,3,5-9,11,16H,2,4,10,12-13H2,(H,22,24)/t16-/m0/s1. The van der Waals surface area contributed by atoms with E-state index < -0.39 is 0 Å². The summed E-state index contributed by atoms with van der Waals surface area (Å²) in [6.07, 6.45) is 1.87. The van der Waals surface area contributed by atoms with Crippen LogP contribution in [0.5, 0.6) is 5.75 Å². The summed E-state index contributed by atoms with van der Waals surface area (Å²) in [5, 5.41) is 3.01. The molecule has 2 aromatic carbocycles. The number of hydrogen-bond acceptors (Lipinski definition) is 3. The molecule has 1 N–H and O–H groups in total. The van der Waals surface area contributed by atoms with Crippen LogP contribution in [0.2, 0.25) is 0 Å². The lowest BCUT2D eigenvalue weighted by molar-refractivity contribution is -0.123. The van der Waals surface area contributed by atoms with Gasteiger partial charge in [0.15, 0.2) is 6.61 Å². The zero-order valence-electron chi connectivity index (χ0n) is 13.8. The predicted octanol–water partition coefficient (Wildman–Crippen LogP) is 3.75. The van der Waals surface area contributed by atoms with Crippen molar-refractivity contribution in [1.82, 2.24) is 5.32 Å². The summed E-state index contributed by atoms with van der Waals surface area (Å²) in [7, 11) is 0. The normalized spacial score (nSPS) is 17.2. The molecule has 3 rings (SSSR count). The fourth-order valence-electron chi connectivity index (χ4n) is 2.95. The van der Waals surface area contributed by atoms with Crippen molar-refractivity contribution in [2.45, 2.75) is 18.9 Å². The highest BCUT2D eigenvalue weighted by Crippen LogP contribution is 2.21. The van der Waals surface area contributed by atoms with Crippen LogP contribution in [0.15, 0.2) is 53.0 Å². The van der Waals surface area contributed by atoms with Crippen LogP contribution < -0.4 is 15.0 Å². The van der Waals surface area contributed by atoms with E-state index in [9.17, 15) is 9.18 Å². The maximum absolute atomic E-state index is 13.4. The van der Waals surface area contributed by atoms with Gasteiger partial charge in [0.05, 0.1) is 0 Å². The van der Waals surface area contributed by atoms with Gasteiger partial charge < -0.3 is 15.0 Å². The summed E-state index contributed by atoms with van der Waals surface area (Å²) in [6.45, 7) is 1.52. The van der Waals surface area contributed by atoms with E-state index in [-0.39, 0.29) is 24.4 Å². The Labute approximate surface area is 155 Å². The van der Waals surface area contributed by atoms with E-state index in [1.807, 2.05) is 30.3 Å². The van der Waals surface area contributed by atoms with Crippen LogP contribution >= 0.6 is 15.9 Å². The van der Waals surface area contributed by atoms with Gasteiger partial charge in [0, 0.05) is 29.3 Å². The monoisotopic (exact) mass is 406 g/mol. The van der Waals surface area contributed by atoms with E-state index in [0.717, 1.165) is 29.5 Å². The molecule has 25 heavy (non-hydrogen) atoms. The number of ether oxygens (including phenoxy) is 1. The SMILES string of the molecule is O=C(COc1ccc(Br)cc1)N[C@H]1CCCN(c2cccc(F)c2)C1. The quantitative estimate of drug-likeness (QED) is 0.821. The van der Waals surface area contributed by atoms with Crippen molar-refractivity contribution in [3.05, 3.63) is 58.8 Å². The van der Waals surface area contributed by atoms with Gasteiger partial charge in [0.1, 0.15) is 11.6 Å². The lowest BCUT2D eigenvalue weighted by atomic mass is 10.0. The Bertz CT molecular complexity index is 724. The number of halogens is 2. The van der Waals surface area contributed by atoms with Crippen molar-refractivity contribution in [2.75, 3.05) is 24.6 Å². The number of amides is 1. The topological polar surface area (TPSA) is 41.6 Å². The van der Waals surface area contributed by atoms with Crippen molar-refractivity contribution in [3.63, 3.8) is 0 Å². The molecule has 0 unspecified atom stereocenters. The Hall–Kier alpha value is -2.08. The van der Waals surface area contributed by atoms with Gasteiger partial charge in [-0.2, -0.15) is 0 Å². The Kier molecular flexibility index (Phi) is 5.91. The minimum Gasteiger partial charge on any atom is -0.484 e. The first-order chi connectivity index (χ1) is 12.1. The average molecular weight is 407 g/mol. The summed E-state index contributed by atoms with van der Waals surface area (Å²) in [4.78, 5) is 14.2. The number of benzene rings is 2. The molecule has 1 fully saturated rings. The predicted molar refractivity (Wildman–Crippen MR) is 99.4 cm³/mol. The van der Waals surface area contributed by atoms with Crippen LogP contribution in [0.25, 0.3) is 0 Å². The Balaban J connectivity index is 1.50. The minimum atomic E-state index is -0.244. The van der Waals surface area contributed by atoms with Gasteiger partial charge in [-0.3, -0.25) is 4.79 Å². The molecule has 6 heteroatoms. The highest BCUT2D eigenvalue weighted by molar-refractivity contribution is 9.10. The first kappa shape index (κ1) is 17.7.